The van der Waals surface area contributed by atoms with Crippen molar-refractivity contribution in [1.29, 1.82) is 0 Å². The highest BCUT2D eigenvalue weighted by Crippen LogP contribution is 2.12. The number of amides is 3. The van der Waals surface area contributed by atoms with E-state index in [-0.39, 0.29) is 5.56 Å². The molecule has 6 N–H and O–H groups in total. The molecule has 2 atom stereocenters. The van der Waals surface area contributed by atoms with Crippen LogP contribution in [0.3, 0.4) is 0 Å². The quantitative estimate of drug-likeness (QED) is 0.186. The van der Waals surface area contributed by atoms with Gasteiger partial charge < -0.3 is 21.1 Å². The highest BCUT2D eigenvalue weighted by atomic mass is 19.4. The predicted octanol–water partition coefficient (Wildman–Crippen LogP) is 1.16. The molecule has 2 aromatic carbocycles. The molecule has 0 aliphatic carbocycles. The van der Waals surface area contributed by atoms with Gasteiger partial charge in [-0.25, -0.2) is 5.48 Å². The van der Waals surface area contributed by atoms with E-state index >= 15 is 0 Å². The molecule has 35 heavy (non-hydrogen) atoms. The fourth-order valence-electron chi connectivity index (χ4n) is 2.71. The number of hydrogen-bond donors (Lipinski definition) is 6. The zero-order chi connectivity index (χ0) is 26.0. The van der Waals surface area contributed by atoms with E-state index in [0.29, 0.717) is 16.8 Å². The van der Waals surface area contributed by atoms with Crippen LogP contribution in [0.5, 0.6) is 0 Å². The summed E-state index contributed by atoms with van der Waals surface area (Å²) in [5, 5.41) is 25.1. The van der Waals surface area contributed by atoms with Crippen LogP contribution >= 0.6 is 0 Å². The molecule has 186 valence electrons. The van der Waals surface area contributed by atoms with Crippen LogP contribution in [0, 0.1) is 11.8 Å². The maximum absolute atomic E-state index is 12.3. The molecule has 2 rings (SSSR count). The summed E-state index contributed by atoms with van der Waals surface area (Å²) >= 11 is 0. The van der Waals surface area contributed by atoms with Crippen molar-refractivity contribution in [2.24, 2.45) is 0 Å². The molecule has 0 unspecified atom stereocenters. The SMILES string of the molecule is C[C@@H](O)[C@H](NC(=O)c1ccc(C#Cc2ccc(NC(=O)CNCC(F)(F)F)cc2)cc1)C(=O)NO. The summed E-state index contributed by atoms with van der Waals surface area (Å²) in [5.41, 5.74) is 3.17. The van der Waals surface area contributed by atoms with Crippen LogP contribution < -0.4 is 21.4 Å². The fraction of sp³-hybridized carbons (Fsp3) is 0.261. The average Bonchev–Trinajstić information content (AvgIpc) is 2.80. The van der Waals surface area contributed by atoms with Crippen LogP contribution in [0.15, 0.2) is 48.5 Å². The third-order valence-electron chi connectivity index (χ3n) is 4.44. The number of aliphatic hydroxyl groups is 1. The number of hydrogen-bond acceptors (Lipinski definition) is 6. The van der Waals surface area contributed by atoms with Crippen LogP contribution in [0.2, 0.25) is 0 Å². The number of rotatable bonds is 8. The molecule has 9 nitrogen and oxygen atoms in total. The minimum atomic E-state index is -4.40. The highest BCUT2D eigenvalue weighted by molar-refractivity contribution is 5.97. The molecule has 0 heterocycles. The number of anilines is 1. The van der Waals surface area contributed by atoms with Gasteiger partial charge in [0.1, 0.15) is 6.04 Å². The van der Waals surface area contributed by atoms with E-state index in [1.54, 1.807) is 36.4 Å². The van der Waals surface area contributed by atoms with Gasteiger partial charge in [-0.2, -0.15) is 13.2 Å². The maximum Gasteiger partial charge on any atom is 0.401 e. The van der Waals surface area contributed by atoms with E-state index in [4.69, 9.17) is 5.21 Å². The Bertz CT molecular complexity index is 1090. The van der Waals surface area contributed by atoms with Crippen molar-refractivity contribution in [2.75, 3.05) is 18.4 Å². The number of benzene rings is 2. The van der Waals surface area contributed by atoms with Crippen molar-refractivity contribution in [3.8, 4) is 11.8 Å². The number of halogens is 3. The van der Waals surface area contributed by atoms with Gasteiger partial charge in [0, 0.05) is 22.4 Å². The lowest BCUT2D eigenvalue weighted by Gasteiger charge is -2.19. The Hall–Kier alpha value is -3.92. The van der Waals surface area contributed by atoms with Crippen LogP contribution in [0.1, 0.15) is 28.4 Å². The first-order valence-electron chi connectivity index (χ1n) is 10.2. The van der Waals surface area contributed by atoms with Gasteiger partial charge in [-0.3, -0.25) is 19.6 Å². The van der Waals surface area contributed by atoms with Crippen molar-refractivity contribution >= 4 is 23.4 Å². The summed E-state index contributed by atoms with van der Waals surface area (Å²) in [6, 6.07) is 11.1. The second-order valence-electron chi connectivity index (χ2n) is 7.34. The van der Waals surface area contributed by atoms with Gasteiger partial charge in [-0.05, 0) is 55.5 Å². The molecule has 0 fully saturated rings. The van der Waals surface area contributed by atoms with Gasteiger partial charge in [0.25, 0.3) is 11.8 Å². The monoisotopic (exact) mass is 492 g/mol. The van der Waals surface area contributed by atoms with Crippen molar-refractivity contribution in [3.63, 3.8) is 0 Å². The number of alkyl halides is 3. The van der Waals surface area contributed by atoms with Crippen LogP contribution in [-0.4, -0.2) is 59.4 Å². The van der Waals surface area contributed by atoms with E-state index in [2.05, 4.69) is 22.5 Å². The standard InChI is InChI=1S/C23H23F3N4O5/c1-14(31)20(22(34)30-35)29-21(33)17-8-4-15(5-9-17)2-3-16-6-10-18(11-7-16)28-19(32)12-27-13-23(24,25)26/h4-11,14,20,27,31,35H,12-13H2,1H3,(H,28,32)(H,29,33)(H,30,34)/t14-,20+/m1/s1. The van der Waals surface area contributed by atoms with Gasteiger partial charge in [0.05, 0.1) is 19.2 Å². The molecule has 12 heteroatoms. The molecular weight excluding hydrogens is 469 g/mol. The van der Waals surface area contributed by atoms with E-state index in [9.17, 15) is 32.7 Å². The molecular formula is C23H23F3N4O5. The van der Waals surface area contributed by atoms with Gasteiger partial charge in [0.15, 0.2) is 0 Å². The molecule has 0 bridgehead atoms. The molecule has 0 spiro atoms. The predicted molar refractivity (Wildman–Crippen MR) is 119 cm³/mol. The molecule has 0 radical (unpaired) electrons. The largest absolute Gasteiger partial charge is 0.401 e. The zero-order valence-corrected chi connectivity index (χ0v) is 18.4. The minimum absolute atomic E-state index is 0.205. The Morgan fingerprint density at radius 2 is 1.51 bits per heavy atom. The minimum Gasteiger partial charge on any atom is -0.391 e. The summed E-state index contributed by atoms with van der Waals surface area (Å²) in [6.07, 6.45) is -5.63. The molecule has 0 saturated carbocycles. The summed E-state index contributed by atoms with van der Waals surface area (Å²) in [7, 11) is 0. The van der Waals surface area contributed by atoms with Gasteiger partial charge in [-0.1, -0.05) is 11.8 Å². The Balaban J connectivity index is 1.93. The molecule has 0 aliphatic heterocycles. The van der Waals surface area contributed by atoms with E-state index in [0.717, 1.165) is 0 Å². The van der Waals surface area contributed by atoms with E-state index in [1.165, 1.54) is 24.5 Å². The van der Waals surface area contributed by atoms with Crippen LogP contribution in [0.4, 0.5) is 18.9 Å². The van der Waals surface area contributed by atoms with Crippen molar-refractivity contribution < 1.29 is 37.9 Å². The smallest absolute Gasteiger partial charge is 0.391 e. The topological polar surface area (TPSA) is 140 Å². The van der Waals surface area contributed by atoms with E-state index < -0.39 is 49.1 Å². The summed E-state index contributed by atoms with van der Waals surface area (Å²) in [6.45, 7) is -0.456. The first kappa shape index (κ1) is 27.3. The van der Waals surface area contributed by atoms with Crippen LogP contribution in [0.25, 0.3) is 0 Å². The number of nitrogens with one attached hydrogen (secondary N) is 4. The van der Waals surface area contributed by atoms with Gasteiger partial charge >= 0.3 is 6.18 Å². The lowest BCUT2D eigenvalue weighted by Crippen LogP contribution is -2.51. The molecule has 0 saturated heterocycles. The van der Waals surface area contributed by atoms with Gasteiger partial charge in [-0.15, -0.1) is 0 Å². The summed E-state index contributed by atoms with van der Waals surface area (Å²) in [4.78, 5) is 35.5. The summed E-state index contributed by atoms with van der Waals surface area (Å²) in [5.74, 6) is 3.58. The Labute approximate surface area is 198 Å². The Morgan fingerprint density at radius 1 is 0.971 bits per heavy atom. The highest BCUT2D eigenvalue weighted by Gasteiger charge is 2.27. The average molecular weight is 492 g/mol. The first-order valence-corrected chi connectivity index (χ1v) is 10.2. The second-order valence-corrected chi connectivity index (χ2v) is 7.34. The zero-order valence-electron chi connectivity index (χ0n) is 18.4. The lowest BCUT2D eigenvalue weighted by atomic mass is 10.1. The summed E-state index contributed by atoms with van der Waals surface area (Å²) < 4.78 is 36.3. The first-order chi connectivity index (χ1) is 16.5. The van der Waals surface area contributed by atoms with Crippen molar-refractivity contribution in [3.05, 3.63) is 65.2 Å². The second kappa shape index (κ2) is 12.5. The molecule has 2 aromatic rings. The number of aliphatic hydroxyl groups excluding tert-OH is 1. The number of hydroxylamine groups is 1. The van der Waals surface area contributed by atoms with Crippen molar-refractivity contribution in [2.45, 2.75) is 25.2 Å². The Morgan fingerprint density at radius 3 is 2.00 bits per heavy atom. The molecule has 0 aromatic heterocycles. The maximum atomic E-state index is 12.3. The third kappa shape index (κ3) is 9.46. The lowest BCUT2D eigenvalue weighted by molar-refractivity contribution is -0.133. The fourth-order valence-corrected chi connectivity index (χ4v) is 2.71. The van der Waals surface area contributed by atoms with Crippen molar-refractivity contribution in [1.82, 2.24) is 16.1 Å². The Kier molecular flexibility index (Phi) is 9.77. The normalized spacial score (nSPS) is 12.5. The molecule has 3 amide bonds. The number of carbonyl (C=O) groups is 3. The number of carbonyl (C=O) groups excluding carboxylic acids is 3. The van der Waals surface area contributed by atoms with E-state index in [1.807, 2.05) is 5.32 Å². The third-order valence-corrected chi connectivity index (χ3v) is 4.44. The van der Waals surface area contributed by atoms with Gasteiger partial charge in [0.2, 0.25) is 5.91 Å². The molecule has 0 aliphatic rings. The van der Waals surface area contributed by atoms with Crippen LogP contribution in [-0.2, 0) is 9.59 Å².